The maximum absolute atomic E-state index is 12.2. The Morgan fingerprint density at radius 3 is 2.60 bits per heavy atom. The molecule has 2 unspecified atom stereocenters. The van der Waals surface area contributed by atoms with E-state index in [-0.39, 0.29) is 11.7 Å². The second-order valence-electron chi connectivity index (χ2n) is 5.61. The zero-order chi connectivity index (χ0) is 15.0. The molecule has 0 aromatic carbocycles. The Morgan fingerprint density at radius 1 is 1.45 bits per heavy atom. The lowest BCUT2D eigenvalue weighted by Crippen LogP contribution is -2.33. The molecule has 6 nitrogen and oxygen atoms in total. The van der Waals surface area contributed by atoms with Crippen LogP contribution in [0.2, 0.25) is 0 Å². The van der Waals surface area contributed by atoms with E-state index in [0.717, 1.165) is 25.2 Å². The van der Waals surface area contributed by atoms with Crippen molar-refractivity contribution in [1.82, 2.24) is 14.5 Å². The largest absolute Gasteiger partial charge is 0.481 e. The summed E-state index contributed by atoms with van der Waals surface area (Å²) >= 11 is 0. The van der Waals surface area contributed by atoms with Gasteiger partial charge in [-0.3, -0.25) is 9.36 Å². The summed E-state index contributed by atoms with van der Waals surface area (Å²) in [7, 11) is 2.02. The van der Waals surface area contributed by atoms with Gasteiger partial charge < -0.3 is 10.0 Å². The van der Waals surface area contributed by atoms with E-state index >= 15 is 0 Å². The van der Waals surface area contributed by atoms with Gasteiger partial charge in [0, 0.05) is 23.5 Å². The topological polar surface area (TPSA) is 75.4 Å². The maximum Gasteiger partial charge on any atom is 0.348 e. The summed E-state index contributed by atoms with van der Waals surface area (Å²) in [5, 5.41) is 9.23. The van der Waals surface area contributed by atoms with Gasteiger partial charge in [0.2, 0.25) is 0 Å². The first kappa shape index (κ1) is 14.7. The lowest BCUT2D eigenvalue weighted by Gasteiger charge is -2.22. The zero-order valence-electron chi connectivity index (χ0n) is 12.4. The number of aromatic nitrogens is 2. The first-order valence-electron chi connectivity index (χ1n) is 6.84. The van der Waals surface area contributed by atoms with Crippen LogP contribution in [-0.4, -0.2) is 45.7 Å². The van der Waals surface area contributed by atoms with Crippen molar-refractivity contribution in [2.45, 2.75) is 39.2 Å². The molecule has 1 aliphatic rings. The fourth-order valence-electron chi connectivity index (χ4n) is 3.10. The summed E-state index contributed by atoms with van der Waals surface area (Å²) in [6.45, 7) is 6.90. The fraction of sp³-hybridized carbons (Fsp3) is 0.643. The molecule has 2 heterocycles. The first-order chi connectivity index (χ1) is 9.32. The van der Waals surface area contributed by atoms with Crippen molar-refractivity contribution in [3.63, 3.8) is 0 Å². The second kappa shape index (κ2) is 5.36. The normalized spacial score (nSPS) is 21.1. The Morgan fingerprint density at radius 2 is 2.10 bits per heavy atom. The molecule has 1 fully saturated rings. The van der Waals surface area contributed by atoms with Crippen molar-refractivity contribution in [1.29, 1.82) is 0 Å². The van der Waals surface area contributed by atoms with Gasteiger partial charge in [-0.25, -0.2) is 4.79 Å². The van der Waals surface area contributed by atoms with Crippen LogP contribution in [0.5, 0.6) is 0 Å². The van der Waals surface area contributed by atoms with E-state index in [4.69, 9.17) is 0 Å². The first-order valence-corrected chi connectivity index (χ1v) is 6.84. The van der Waals surface area contributed by atoms with Crippen LogP contribution in [0.15, 0.2) is 4.79 Å². The number of rotatable bonds is 3. The van der Waals surface area contributed by atoms with Gasteiger partial charge in [0.25, 0.3) is 0 Å². The molecular weight excluding hydrogens is 258 g/mol. The number of carboxylic acid groups (broad SMARTS) is 1. The van der Waals surface area contributed by atoms with Gasteiger partial charge in [0.1, 0.15) is 0 Å². The quantitative estimate of drug-likeness (QED) is 0.890. The highest BCUT2D eigenvalue weighted by Crippen LogP contribution is 2.26. The van der Waals surface area contributed by atoms with E-state index in [1.165, 1.54) is 0 Å². The minimum absolute atomic E-state index is 0.0837. The number of hydrogen-bond donors (Lipinski definition) is 1. The van der Waals surface area contributed by atoms with Gasteiger partial charge in [-0.05, 0) is 40.8 Å². The van der Waals surface area contributed by atoms with Crippen LogP contribution in [0, 0.1) is 13.8 Å². The molecular formula is C14H21N3O3. The molecule has 1 aromatic heterocycles. The highest BCUT2D eigenvalue weighted by Gasteiger charge is 2.28. The Kier molecular flexibility index (Phi) is 3.94. The summed E-state index contributed by atoms with van der Waals surface area (Å²) in [5.74, 6) is -1.56. The molecule has 2 rings (SSSR count). The number of carboxylic acids is 1. The van der Waals surface area contributed by atoms with Crippen molar-refractivity contribution in [2.24, 2.45) is 0 Å². The van der Waals surface area contributed by atoms with Crippen LogP contribution in [0.1, 0.15) is 42.3 Å². The number of likely N-dealkylation sites (N-methyl/N-ethyl adjacent to an activating group) is 1. The Labute approximate surface area is 118 Å². The standard InChI is InChI=1S/C14H21N3O3/c1-8(13(18)19)12-9(2)15-14(20)17(10(12)3)11-5-6-16(4)7-11/h8,11H,5-7H2,1-4H3,(H,18,19). The third-order valence-electron chi connectivity index (χ3n) is 4.15. The van der Waals surface area contributed by atoms with Crippen LogP contribution in [0.3, 0.4) is 0 Å². The molecule has 0 bridgehead atoms. The molecule has 20 heavy (non-hydrogen) atoms. The second-order valence-corrected chi connectivity index (χ2v) is 5.61. The number of likely N-dealkylation sites (tertiary alicyclic amines) is 1. The number of aliphatic carboxylic acids is 1. The monoisotopic (exact) mass is 279 g/mol. The minimum atomic E-state index is -0.897. The Bertz CT molecular complexity index is 594. The molecule has 2 atom stereocenters. The molecule has 1 aliphatic heterocycles. The van der Waals surface area contributed by atoms with Crippen LogP contribution in [-0.2, 0) is 4.79 Å². The van der Waals surface area contributed by atoms with Gasteiger partial charge in [0.15, 0.2) is 0 Å². The lowest BCUT2D eigenvalue weighted by atomic mass is 9.97. The average Bonchev–Trinajstić information content (AvgIpc) is 2.74. The number of hydrogen-bond acceptors (Lipinski definition) is 4. The molecule has 1 N–H and O–H groups in total. The summed E-state index contributed by atoms with van der Waals surface area (Å²) in [5.41, 5.74) is 1.64. The van der Waals surface area contributed by atoms with Gasteiger partial charge in [0.05, 0.1) is 12.0 Å². The van der Waals surface area contributed by atoms with Gasteiger partial charge >= 0.3 is 11.7 Å². The molecule has 1 saturated heterocycles. The summed E-state index contributed by atoms with van der Waals surface area (Å²) in [6, 6.07) is 0.0837. The molecule has 0 spiro atoms. The SMILES string of the molecule is Cc1nc(=O)n(C2CCN(C)C2)c(C)c1C(C)C(=O)O. The summed E-state index contributed by atoms with van der Waals surface area (Å²) < 4.78 is 1.67. The van der Waals surface area contributed by atoms with E-state index in [1.807, 2.05) is 14.0 Å². The van der Waals surface area contributed by atoms with E-state index in [2.05, 4.69) is 9.88 Å². The lowest BCUT2D eigenvalue weighted by molar-refractivity contribution is -0.138. The predicted octanol–water partition coefficient (Wildman–Crippen LogP) is 0.925. The molecule has 0 amide bonds. The summed E-state index contributed by atoms with van der Waals surface area (Å²) in [6.07, 6.45) is 0.892. The number of carbonyl (C=O) groups is 1. The highest BCUT2D eigenvalue weighted by atomic mass is 16.4. The molecule has 0 saturated carbocycles. The zero-order valence-corrected chi connectivity index (χ0v) is 12.4. The van der Waals surface area contributed by atoms with E-state index in [9.17, 15) is 14.7 Å². The molecule has 110 valence electrons. The number of aryl methyl sites for hydroxylation is 1. The fourth-order valence-corrected chi connectivity index (χ4v) is 3.10. The Balaban J connectivity index is 2.56. The molecule has 0 aliphatic carbocycles. The van der Waals surface area contributed by atoms with Gasteiger partial charge in [-0.2, -0.15) is 4.98 Å². The van der Waals surface area contributed by atoms with Crippen molar-refractivity contribution in [2.75, 3.05) is 20.1 Å². The van der Waals surface area contributed by atoms with Crippen LogP contribution < -0.4 is 5.69 Å². The summed E-state index contributed by atoms with van der Waals surface area (Å²) in [4.78, 5) is 29.6. The van der Waals surface area contributed by atoms with Crippen LogP contribution in [0.4, 0.5) is 0 Å². The van der Waals surface area contributed by atoms with Crippen molar-refractivity contribution in [3.8, 4) is 0 Å². The van der Waals surface area contributed by atoms with Crippen molar-refractivity contribution < 1.29 is 9.90 Å². The minimum Gasteiger partial charge on any atom is -0.481 e. The smallest absolute Gasteiger partial charge is 0.348 e. The van der Waals surface area contributed by atoms with Crippen LogP contribution in [0.25, 0.3) is 0 Å². The third kappa shape index (κ3) is 2.47. The van der Waals surface area contributed by atoms with Crippen molar-refractivity contribution in [3.05, 3.63) is 27.4 Å². The number of nitrogens with zero attached hydrogens (tertiary/aromatic N) is 3. The predicted molar refractivity (Wildman–Crippen MR) is 75.2 cm³/mol. The molecule has 6 heteroatoms. The van der Waals surface area contributed by atoms with Crippen LogP contribution >= 0.6 is 0 Å². The van der Waals surface area contributed by atoms with E-state index in [1.54, 1.807) is 18.4 Å². The third-order valence-corrected chi connectivity index (χ3v) is 4.15. The molecule has 1 aromatic rings. The van der Waals surface area contributed by atoms with E-state index in [0.29, 0.717) is 11.3 Å². The van der Waals surface area contributed by atoms with Gasteiger partial charge in [-0.15, -0.1) is 0 Å². The van der Waals surface area contributed by atoms with E-state index < -0.39 is 11.9 Å². The maximum atomic E-state index is 12.2. The Hall–Kier alpha value is -1.69. The molecule has 0 radical (unpaired) electrons. The van der Waals surface area contributed by atoms with Crippen molar-refractivity contribution >= 4 is 5.97 Å². The average molecular weight is 279 g/mol. The highest BCUT2D eigenvalue weighted by molar-refractivity contribution is 5.76. The van der Waals surface area contributed by atoms with Gasteiger partial charge in [-0.1, -0.05) is 0 Å².